The average Bonchev–Trinajstić information content (AvgIpc) is 2.91. The van der Waals surface area contributed by atoms with Crippen LogP contribution in [0.5, 0.6) is 0 Å². The molecule has 3 heterocycles. The molecule has 8 heteroatoms. The van der Waals surface area contributed by atoms with E-state index in [4.69, 9.17) is 5.73 Å². The second-order valence-corrected chi connectivity index (χ2v) is 5.71. The van der Waals surface area contributed by atoms with Crippen molar-refractivity contribution in [1.82, 2.24) is 24.5 Å². The van der Waals surface area contributed by atoms with E-state index in [1.54, 1.807) is 18.0 Å². The molecule has 0 aromatic carbocycles. The smallest absolute Gasteiger partial charge is 0.205 e. The molecule has 3 rings (SSSR count). The monoisotopic (exact) mass is 315 g/mol. The summed E-state index contributed by atoms with van der Waals surface area (Å²) >= 11 is 1.77. The average molecular weight is 315 g/mol. The van der Waals surface area contributed by atoms with Crippen LogP contribution in [0, 0.1) is 0 Å². The largest absolute Gasteiger partial charge is 0.382 e. The third kappa shape index (κ3) is 2.96. The van der Waals surface area contributed by atoms with Gasteiger partial charge in [0, 0.05) is 31.2 Å². The van der Waals surface area contributed by atoms with Crippen LogP contribution in [0.2, 0.25) is 0 Å². The Morgan fingerprint density at radius 3 is 3.05 bits per heavy atom. The van der Waals surface area contributed by atoms with E-state index in [-0.39, 0.29) is 0 Å². The number of nitrogen functional groups attached to an aromatic ring is 1. The molecular weight excluding hydrogens is 298 g/mol. The van der Waals surface area contributed by atoms with Crippen LogP contribution in [0.1, 0.15) is 5.56 Å². The van der Waals surface area contributed by atoms with E-state index in [1.807, 2.05) is 22.9 Å². The highest BCUT2D eigenvalue weighted by Gasteiger charge is 2.14. The minimum atomic E-state index is 0.400. The summed E-state index contributed by atoms with van der Waals surface area (Å²) in [6, 6.07) is 3.93. The molecule has 3 aromatic heterocycles. The van der Waals surface area contributed by atoms with Gasteiger partial charge in [-0.05, 0) is 17.9 Å². The van der Waals surface area contributed by atoms with E-state index in [2.05, 4.69) is 31.5 Å². The molecule has 7 nitrogen and oxygen atoms in total. The minimum absolute atomic E-state index is 0.400. The maximum atomic E-state index is 5.90. The van der Waals surface area contributed by atoms with E-state index in [9.17, 15) is 0 Å². The molecule has 0 saturated heterocycles. The fraction of sp³-hybridized carbons (Fsp3) is 0.286. The van der Waals surface area contributed by atoms with Gasteiger partial charge >= 0.3 is 0 Å². The molecule has 0 fully saturated rings. The number of thioether (sulfide) groups is 1. The summed E-state index contributed by atoms with van der Waals surface area (Å²) in [5, 5.41) is 3.33. The lowest BCUT2D eigenvalue weighted by Gasteiger charge is -2.09. The van der Waals surface area contributed by atoms with Gasteiger partial charge in [-0.1, -0.05) is 6.07 Å². The maximum Gasteiger partial charge on any atom is 0.205 e. The Bertz CT molecular complexity index is 756. The van der Waals surface area contributed by atoms with Gasteiger partial charge in [-0.25, -0.2) is 15.0 Å². The van der Waals surface area contributed by atoms with Crippen molar-refractivity contribution in [3.8, 4) is 0 Å². The second-order valence-electron chi connectivity index (χ2n) is 4.73. The van der Waals surface area contributed by atoms with Crippen LogP contribution in [0.3, 0.4) is 0 Å². The predicted octanol–water partition coefficient (Wildman–Crippen LogP) is 1.78. The molecule has 0 aliphatic rings. The summed E-state index contributed by atoms with van der Waals surface area (Å²) in [6.45, 7) is 1.45. The number of nitrogens with two attached hydrogens (primary N) is 1. The molecule has 0 bridgehead atoms. The molecule has 0 aliphatic heterocycles. The van der Waals surface area contributed by atoms with Crippen LogP contribution < -0.4 is 11.1 Å². The second kappa shape index (κ2) is 6.61. The van der Waals surface area contributed by atoms with Crippen molar-refractivity contribution in [2.75, 3.05) is 23.1 Å². The summed E-state index contributed by atoms with van der Waals surface area (Å²) in [5.74, 6) is 2.12. The van der Waals surface area contributed by atoms with Crippen molar-refractivity contribution in [3.05, 3.63) is 36.4 Å². The number of rotatable bonds is 6. The van der Waals surface area contributed by atoms with Crippen LogP contribution in [0.25, 0.3) is 11.2 Å². The normalized spacial score (nSPS) is 11.0. The van der Waals surface area contributed by atoms with Crippen molar-refractivity contribution >= 4 is 34.7 Å². The lowest BCUT2D eigenvalue weighted by atomic mass is 10.3. The molecule has 0 saturated carbocycles. The predicted molar refractivity (Wildman–Crippen MR) is 89.7 cm³/mol. The number of pyridine rings is 1. The number of aryl methyl sites for hydroxylation is 1. The summed E-state index contributed by atoms with van der Waals surface area (Å²) in [6.07, 6.45) is 7.13. The van der Waals surface area contributed by atoms with E-state index in [0.717, 1.165) is 29.5 Å². The zero-order valence-corrected chi connectivity index (χ0v) is 13.0. The first kappa shape index (κ1) is 14.6. The number of anilines is 2. The highest BCUT2D eigenvalue weighted by Crippen LogP contribution is 2.21. The topological polar surface area (TPSA) is 94.5 Å². The molecular formula is C14H17N7S. The molecule has 3 N–H and O–H groups in total. The van der Waals surface area contributed by atoms with E-state index < -0.39 is 0 Å². The third-order valence-corrected chi connectivity index (χ3v) is 3.84. The Morgan fingerprint density at radius 2 is 2.27 bits per heavy atom. The van der Waals surface area contributed by atoms with Crippen molar-refractivity contribution in [2.45, 2.75) is 13.1 Å². The molecule has 22 heavy (non-hydrogen) atoms. The van der Waals surface area contributed by atoms with E-state index in [1.165, 1.54) is 6.33 Å². The number of nitrogens with one attached hydrogen (secondary N) is 1. The van der Waals surface area contributed by atoms with Crippen LogP contribution in [0.15, 0.2) is 30.9 Å². The zero-order valence-electron chi connectivity index (χ0n) is 12.2. The minimum Gasteiger partial charge on any atom is -0.382 e. The van der Waals surface area contributed by atoms with Crippen molar-refractivity contribution < 1.29 is 0 Å². The van der Waals surface area contributed by atoms with Crippen LogP contribution >= 0.6 is 11.8 Å². The van der Waals surface area contributed by atoms with Crippen LogP contribution in [-0.4, -0.2) is 36.5 Å². The number of imidazole rings is 1. The third-order valence-electron chi connectivity index (χ3n) is 3.25. The Morgan fingerprint density at radius 1 is 1.36 bits per heavy atom. The SMILES string of the molecule is CSCCn1c(NCc2cccnc2)nc2c(N)ncnc21. The summed E-state index contributed by atoms with van der Waals surface area (Å²) in [4.78, 5) is 17.0. The maximum absolute atomic E-state index is 5.90. The van der Waals surface area contributed by atoms with Gasteiger partial charge in [-0.2, -0.15) is 11.8 Å². The summed E-state index contributed by atoms with van der Waals surface area (Å²) in [5.41, 5.74) is 8.39. The van der Waals surface area contributed by atoms with Crippen molar-refractivity contribution in [3.63, 3.8) is 0 Å². The van der Waals surface area contributed by atoms with Gasteiger partial charge < -0.3 is 11.1 Å². The Balaban J connectivity index is 1.91. The first-order chi connectivity index (χ1) is 10.8. The van der Waals surface area contributed by atoms with Gasteiger partial charge in [0.15, 0.2) is 17.0 Å². The summed E-state index contributed by atoms with van der Waals surface area (Å²) < 4.78 is 2.04. The molecule has 3 aromatic rings. The highest BCUT2D eigenvalue weighted by molar-refractivity contribution is 7.98. The molecule has 0 spiro atoms. The van der Waals surface area contributed by atoms with Gasteiger partial charge in [-0.15, -0.1) is 0 Å². The standard InChI is InChI=1S/C14H17N7S/c1-22-6-5-21-13-11(12(15)18-9-19-13)20-14(21)17-8-10-3-2-4-16-7-10/h2-4,7,9H,5-6,8H2,1H3,(H,17,20)(H2,15,18,19). The first-order valence-electron chi connectivity index (χ1n) is 6.88. The molecule has 0 aliphatic carbocycles. The summed E-state index contributed by atoms with van der Waals surface area (Å²) in [7, 11) is 0. The van der Waals surface area contributed by atoms with Crippen LogP contribution in [0.4, 0.5) is 11.8 Å². The quantitative estimate of drug-likeness (QED) is 0.716. The number of aromatic nitrogens is 5. The van der Waals surface area contributed by atoms with Gasteiger partial charge in [0.2, 0.25) is 5.95 Å². The zero-order chi connectivity index (χ0) is 15.4. The Kier molecular flexibility index (Phi) is 4.38. The van der Waals surface area contributed by atoms with Gasteiger partial charge in [0.25, 0.3) is 0 Å². The molecule has 0 atom stereocenters. The van der Waals surface area contributed by atoms with Gasteiger partial charge in [0.05, 0.1) is 0 Å². The number of fused-ring (bicyclic) bond motifs is 1. The van der Waals surface area contributed by atoms with E-state index in [0.29, 0.717) is 17.9 Å². The van der Waals surface area contributed by atoms with Crippen LogP contribution in [-0.2, 0) is 13.1 Å². The molecule has 0 unspecified atom stereocenters. The van der Waals surface area contributed by atoms with Gasteiger partial charge in [0.1, 0.15) is 6.33 Å². The number of hydrogen-bond acceptors (Lipinski definition) is 7. The first-order valence-corrected chi connectivity index (χ1v) is 8.27. The van der Waals surface area contributed by atoms with E-state index >= 15 is 0 Å². The number of hydrogen-bond donors (Lipinski definition) is 2. The fourth-order valence-corrected chi connectivity index (χ4v) is 2.53. The lowest BCUT2D eigenvalue weighted by Crippen LogP contribution is -2.09. The fourth-order valence-electron chi connectivity index (χ4n) is 2.17. The molecule has 114 valence electrons. The Labute approximate surface area is 132 Å². The Hall–Kier alpha value is -2.35. The number of nitrogens with zero attached hydrogens (tertiary/aromatic N) is 5. The molecule has 0 radical (unpaired) electrons. The van der Waals surface area contributed by atoms with Crippen molar-refractivity contribution in [2.24, 2.45) is 0 Å². The lowest BCUT2D eigenvalue weighted by molar-refractivity contribution is 0.787. The molecule has 0 amide bonds. The van der Waals surface area contributed by atoms with Crippen molar-refractivity contribution in [1.29, 1.82) is 0 Å². The highest BCUT2D eigenvalue weighted by atomic mass is 32.2. The van der Waals surface area contributed by atoms with Gasteiger partial charge in [-0.3, -0.25) is 9.55 Å².